The van der Waals surface area contributed by atoms with Crippen molar-refractivity contribution in [2.75, 3.05) is 4.90 Å². The predicted octanol–water partition coefficient (Wildman–Crippen LogP) is 9.13. The standard InChI is InChI=1S/C33H27N/c1-33(2)29-15-9-10-16-31(29)34(28-20-17-26(18-21-28)24-11-5-3-6-12-24)32-22-19-27(23-30(32)33)25-13-7-4-8-14-25/h3-23H,1-2H3. The summed E-state index contributed by atoms with van der Waals surface area (Å²) in [5.41, 5.74) is 11.2. The quantitative estimate of drug-likeness (QED) is 0.272. The van der Waals surface area contributed by atoms with Gasteiger partial charge < -0.3 is 4.90 Å². The molecule has 0 radical (unpaired) electrons. The Morgan fingerprint density at radius 1 is 0.441 bits per heavy atom. The molecular weight excluding hydrogens is 410 g/mol. The van der Waals surface area contributed by atoms with Gasteiger partial charge in [0.2, 0.25) is 0 Å². The zero-order valence-electron chi connectivity index (χ0n) is 19.6. The molecule has 0 spiro atoms. The first kappa shape index (κ1) is 20.5. The third-order valence-electron chi connectivity index (χ3n) is 7.07. The number of hydrogen-bond donors (Lipinski definition) is 0. The molecule has 0 saturated heterocycles. The smallest absolute Gasteiger partial charge is 0.0503 e. The van der Waals surface area contributed by atoms with Gasteiger partial charge in [0.05, 0.1) is 11.4 Å². The Balaban J connectivity index is 1.51. The highest BCUT2D eigenvalue weighted by Crippen LogP contribution is 2.52. The van der Waals surface area contributed by atoms with Gasteiger partial charge in [0.15, 0.2) is 0 Å². The van der Waals surface area contributed by atoms with E-state index in [4.69, 9.17) is 0 Å². The van der Waals surface area contributed by atoms with Crippen molar-refractivity contribution in [2.45, 2.75) is 19.3 Å². The molecule has 5 aromatic rings. The molecule has 0 bridgehead atoms. The van der Waals surface area contributed by atoms with Crippen molar-refractivity contribution in [1.29, 1.82) is 0 Å². The fraction of sp³-hybridized carbons (Fsp3) is 0.0909. The van der Waals surface area contributed by atoms with Gasteiger partial charge in [-0.3, -0.25) is 0 Å². The van der Waals surface area contributed by atoms with Gasteiger partial charge in [-0.15, -0.1) is 0 Å². The fourth-order valence-corrected chi connectivity index (χ4v) is 5.23. The van der Waals surface area contributed by atoms with Crippen LogP contribution in [0.1, 0.15) is 25.0 Å². The van der Waals surface area contributed by atoms with E-state index in [1.165, 1.54) is 50.4 Å². The van der Waals surface area contributed by atoms with Gasteiger partial charge >= 0.3 is 0 Å². The highest BCUT2D eigenvalue weighted by Gasteiger charge is 2.36. The normalized spacial score (nSPS) is 13.8. The number of para-hydroxylation sites is 1. The molecule has 1 heteroatoms. The van der Waals surface area contributed by atoms with E-state index >= 15 is 0 Å². The van der Waals surface area contributed by atoms with Crippen LogP contribution in [-0.2, 0) is 5.41 Å². The summed E-state index contributed by atoms with van der Waals surface area (Å²) >= 11 is 0. The fourth-order valence-electron chi connectivity index (χ4n) is 5.23. The molecule has 164 valence electrons. The topological polar surface area (TPSA) is 3.24 Å². The van der Waals surface area contributed by atoms with Crippen LogP contribution in [0.2, 0.25) is 0 Å². The van der Waals surface area contributed by atoms with Crippen LogP contribution in [0.25, 0.3) is 22.3 Å². The van der Waals surface area contributed by atoms with Crippen molar-refractivity contribution in [3.8, 4) is 22.3 Å². The van der Waals surface area contributed by atoms with E-state index < -0.39 is 0 Å². The Morgan fingerprint density at radius 2 is 0.941 bits per heavy atom. The second-order valence-corrected chi connectivity index (χ2v) is 9.49. The molecule has 1 aliphatic rings. The van der Waals surface area contributed by atoms with Crippen molar-refractivity contribution in [3.05, 3.63) is 139 Å². The molecule has 1 nitrogen and oxygen atoms in total. The summed E-state index contributed by atoms with van der Waals surface area (Å²) in [6.07, 6.45) is 0. The highest BCUT2D eigenvalue weighted by atomic mass is 15.2. The average Bonchev–Trinajstić information content (AvgIpc) is 2.90. The lowest BCUT2D eigenvalue weighted by Gasteiger charge is -2.42. The maximum Gasteiger partial charge on any atom is 0.0503 e. The lowest BCUT2D eigenvalue weighted by Crippen LogP contribution is -2.30. The Hall–Kier alpha value is -4.10. The minimum Gasteiger partial charge on any atom is -0.310 e. The Bertz CT molecular complexity index is 1450. The van der Waals surface area contributed by atoms with Gasteiger partial charge in [0.1, 0.15) is 0 Å². The van der Waals surface area contributed by atoms with Gasteiger partial charge in [0.25, 0.3) is 0 Å². The number of hydrogen-bond acceptors (Lipinski definition) is 1. The van der Waals surface area contributed by atoms with Crippen LogP contribution >= 0.6 is 0 Å². The molecule has 6 rings (SSSR count). The van der Waals surface area contributed by atoms with E-state index in [-0.39, 0.29) is 5.41 Å². The maximum atomic E-state index is 2.42. The first-order valence-electron chi connectivity index (χ1n) is 11.9. The van der Waals surface area contributed by atoms with Crippen LogP contribution in [-0.4, -0.2) is 0 Å². The highest BCUT2D eigenvalue weighted by molar-refractivity contribution is 5.88. The molecule has 5 aromatic carbocycles. The molecule has 0 aromatic heterocycles. The largest absolute Gasteiger partial charge is 0.310 e. The van der Waals surface area contributed by atoms with Crippen molar-refractivity contribution < 1.29 is 0 Å². The molecule has 0 atom stereocenters. The minimum atomic E-state index is -0.100. The lowest BCUT2D eigenvalue weighted by molar-refractivity contribution is 0.632. The number of nitrogens with zero attached hydrogens (tertiary/aromatic N) is 1. The molecule has 0 aliphatic carbocycles. The molecule has 0 amide bonds. The third kappa shape index (κ3) is 3.33. The Morgan fingerprint density at radius 3 is 1.62 bits per heavy atom. The first-order chi connectivity index (χ1) is 16.6. The van der Waals surface area contributed by atoms with Crippen LogP contribution in [0.4, 0.5) is 17.1 Å². The molecule has 0 saturated carbocycles. The van der Waals surface area contributed by atoms with Crippen LogP contribution in [0.15, 0.2) is 127 Å². The Labute approximate surface area is 202 Å². The summed E-state index contributed by atoms with van der Waals surface area (Å²) in [6, 6.07) is 45.9. The molecule has 34 heavy (non-hydrogen) atoms. The zero-order valence-corrected chi connectivity index (χ0v) is 19.6. The number of rotatable bonds is 3. The van der Waals surface area contributed by atoms with Crippen LogP contribution in [0.5, 0.6) is 0 Å². The second-order valence-electron chi connectivity index (χ2n) is 9.49. The minimum absolute atomic E-state index is 0.100. The summed E-state index contributed by atoms with van der Waals surface area (Å²) in [4.78, 5) is 2.42. The van der Waals surface area contributed by atoms with Gasteiger partial charge in [-0.2, -0.15) is 0 Å². The zero-order chi connectivity index (χ0) is 23.1. The van der Waals surface area contributed by atoms with Gasteiger partial charge in [-0.25, -0.2) is 0 Å². The van der Waals surface area contributed by atoms with E-state index in [1.54, 1.807) is 0 Å². The molecule has 0 unspecified atom stereocenters. The molecular formula is C33H27N. The molecule has 1 aliphatic heterocycles. The summed E-state index contributed by atoms with van der Waals surface area (Å²) in [6.45, 7) is 4.69. The second kappa shape index (κ2) is 8.04. The van der Waals surface area contributed by atoms with E-state index in [9.17, 15) is 0 Å². The van der Waals surface area contributed by atoms with Gasteiger partial charge in [0, 0.05) is 11.1 Å². The van der Waals surface area contributed by atoms with Gasteiger partial charge in [-0.05, 0) is 63.7 Å². The summed E-state index contributed by atoms with van der Waals surface area (Å²) in [5, 5.41) is 0. The van der Waals surface area contributed by atoms with E-state index in [0.29, 0.717) is 0 Å². The maximum absolute atomic E-state index is 2.42. The predicted molar refractivity (Wildman–Crippen MR) is 144 cm³/mol. The van der Waals surface area contributed by atoms with Crippen molar-refractivity contribution in [2.24, 2.45) is 0 Å². The Kier molecular flexibility index (Phi) is 4.85. The van der Waals surface area contributed by atoms with E-state index in [0.717, 1.165) is 0 Å². The molecule has 0 N–H and O–H groups in total. The summed E-state index contributed by atoms with van der Waals surface area (Å²) in [5.74, 6) is 0. The SMILES string of the molecule is CC1(C)c2ccccc2N(c2ccc(-c3ccccc3)cc2)c2ccc(-c3ccccc3)cc21. The first-order valence-corrected chi connectivity index (χ1v) is 11.9. The van der Waals surface area contributed by atoms with Crippen LogP contribution in [0.3, 0.4) is 0 Å². The van der Waals surface area contributed by atoms with Crippen molar-refractivity contribution >= 4 is 17.1 Å². The van der Waals surface area contributed by atoms with Crippen molar-refractivity contribution in [3.63, 3.8) is 0 Å². The lowest BCUT2D eigenvalue weighted by atomic mass is 9.73. The third-order valence-corrected chi connectivity index (χ3v) is 7.07. The summed E-state index contributed by atoms with van der Waals surface area (Å²) in [7, 11) is 0. The molecule has 0 fully saturated rings. The number of anilines is 3. The van der Waals surface area contributed by atoms with Crippen LogP contribution in [0, 0.1) is 0 Å². The summed E-state index contributed by atoms with van der Waals surface area (Å²) < 4.78 is 0. The molecule has 1 heterocycles. The van der Waals surface area contributed by atoms with Crippen molar-refractivity contribution in [1.82, 2.24) is 0 Å². The average molecular weight is 438 g/mol. The monoisotopic (exact) mass is 437 g/mol. The van der Waals surface area contributed by atoms with Gasteiger partial charge in [-0.1, -0.05) is 111 Å². The van der Waals surface area contributed by atoms with E-state index in [1.807, 2.05) is 0 Å². The van der Waals surface area contributed by atoms with Crippen LogP contribution < -0.4 is 4.90 Å². The van der Waals surface area contributed by atoms with E-state index in [2.05, 4.69) is 146 Å². The number of fused-ring (bicyclic) bond motifs is 2. The number of benzene rings is 5.